The first-order valence-corrected chi connectivity index (χ1v) is 9.83. The van der Waals surface area contributed by atoms with Crippen molar-refractivity contribution in [1.29, 1.82) is 0 Å². The van der Waals surface area contributed by atoms with Crippen LogP contribution in [0.1, 0.15) is 56.2 Å². The first-order valence-electron chi connectivity index (χ1n) is 9.45. The van der Waals surface area contributed by atoms with Gasteiger partial charge < -0.3 is 16.0 Å². The van der Waals surface area contributed by atoms with E-state index in [-0.39, 0.29) is 23.5 Å². The zero-order valence-electron chi connectivity index (χ0n) is 16.9. The Hall–Kier alpha value is -2.61. The van der Waals surface area contributed by atoms with E-state index in [1.165, 1.54) is 23.1 Å². The Labute approximate surface area is 174 Å². The SMILES string of the molecule is CCC1CN(C(N)=O)Cc2c(C(=O)NC(C)(C)C)c(-c3ccc(F)c(Cl)c3)nn21. The summed E-state index contributed by atoms with van der Waals surface area (Å²) in [5, 5.41) is 7.58. The maximum absolute atomic E-state index is 13.7. The summed E-state index contributed by atoms with van der Waals surface area (Å²) in [5.74, 6) is -0.873. The van der Waals surface area contributed by atoms with Crippen molar-refractivity contribution in [2.45, 2.75) is 52.2 Å². The molecule has 3 N–H and O–H groups in total. The Morgan fingerprint density at radius 3 is 2.62 bits per heavy atom. The van der Waals surface area contributed by atoms with Gasteiger partial charge >= 0.3 is 6.03 Å². The lowest BCUT2D eigenvalue weighted by molar-refractivity contribution is 0.0915. The first kappa shape index (κ1) is 21.1. The second kappa shape index (κ2) is 7.67. The van der Waals surface area contributed by atoms with Crippen LogP contribution in [0.4, 0.5) is 9.18 Å². The normalized spacial score (nSPS) is 16.5. The van der Waals surface area contributed by atoms with E-state index in [2.05, 4.69) is 10.4 Å². The van der Waals surface area contributed by atoms with Crippen LogP contribution in [-0.2, 0) is 6.54 Å². The van der Waals surface area contributed by atoms with Gasteiger partial charge in [-0.25, -0.2) is 9.18 Å². The number of urea groups is 1. The van der Waals surface area contributed by atoms with Crippen molar-refractivity contribution in [1.82, 2.24) is 20.0 Å². The molecule has 0 fully saturated rings. The van der Waals surface area contributed by atoms with Gasteiger partial charge in [0, 0.05) is 17.6 Å². The van der Waals surface area contributed by atoms with Gasteiger partial charge in [0.05, 0.1) is 28.9 Å². The van der Waals surface area contributed by atoms with Gasteiger partial charge in [0.1, 0.15) is 11.5 Å². The van der Waals surface area contributed by atoms with Crippen LogP contribution in [0.2, 0.25) is 5.02 Å². The number of nitrogens with zero attached hydrogens (tertiary/aromatic N) is 3. The monoisotopic (exact) mass is 421 g/mol. The third-order valence-electron chi connectivity index (χ3n) is 4.82. The number of hydrogen-bond acceptors (Lipinski definition) is 3. The van der Waals surface area contributed by atoms with E-state index in [1.807, 2.05) is 27.7 Å². The summed E-state index contributed by atoms with van der Waals surface area (Å²) < 4.78 is 15.5. The molecule has 0 radical (unpaired) electrons. The van der Waals surface area contributed by atoms with Crippen LogP contribution in [0.15, 0.2) is 18.2 Å². The fraction of sp³-hybridized carbons (Fsp3) is 0.450. The Morgan fingerprint density at radius 1 is 1.38 bits per heavy atom. The lowest BCUT2D eigenvalue weighted by Gasteiger charge is -2.33. The molecule has 0 aliphatic carbocycles. The molecule has 2 aromatic rings. The topological polar surface area (TPSA) is 93.2 Å². The minimum atomic E-state index is -0.551. The number of nitrogens with two attached hydrogens (primary N) is 1. The van der Waals surface area contributed by atoms with Crippen molar-refractivity contribution in [2.24, 2.45) is 5.73 Å². The summed E-state index contributed by atoms with van der Waals surface area (Å²) in [4.78, 5) is 26.6. The van der Waals surface area contributed by atoms with E-state index < -0.39 is 17.4 Å². The zero-order valence-corrected chi connectivity index (χ0v) is 17.7. The van der Waals surface area contributed by atoms with Gasteiger partial charge in [-0.1, -0.05) is 18.5 Å². The summed E-state index contributed by atoms with van der Waals surface area (Å²) in [7, 11) is 0. The molecule has 1 aliphatic heterocycles. The van der Waals surface area contributed by atoms with Crippen LogP contribution in [0.5, 0.6) is 0 Å². The Balaban J connectivity index is 2.21. The Morgan fingerprint density at radius 2 is 2.07 bits per heavy atom. The molecule has 1 atom stereocenters. The van der Waals surface area contributed by atoms with Crippen LogP contribution in [0, 0.1) is 5.82 Å². The fourth-order valence-corrected chi connectivity index (χ4v) is 3.64. The third kappa shape index (κ3) is 4.22. The lowest BCUT2D eigenvalue weighted by Crippen LogP contribution is -2.45. The van der Waals surface area contributed by atoms with Crippen LogP contribution < -0.4 is 11.1 Å². The summed E-state index contributed by atoms with van der Waals surface area (Å²) in [6.45, 7) is 8.18. The standard InChI is InChI=1S/C20H25ClFN5O2/c1-5-12-9-26(19(23)29)10-15-16(18(28)24-20(2,3)4)17(25-27(12)15)11-6-7-14(22)13(21)8-11/h6-8,12H,5,9-10H2,1-4H3,(H2,23,29)(H,24,28). The van der Waals surface area contributed by atoms with Crippen LogP contribution >= 0.6 is 11.6 Å². The maximum Gasteiger partial charge on any atom is 0.315 e. The summed E-state index contributed by atoms with van der Waals surface area (Å²) in [6, 6.07) is 3.55. The quantitative estimate of drug-likeness (QED) is 0.790. The molecule has 3 rings (SSSR count). The molecule has 0 bridgehead atoms. The maximum atomic E-state index is 13.7. The smallest absolute Gasteiger partial charge is 0.315 e. The number of hydrogen-bond donors (Lipinski definition) is 2. The van der Waals surface area contributed by atoms with Gasteiger partial charge in [-0.3, -0.25) is 9.48 Å². The molecule has 2 heterocycles. The van der Waals surface area contributed by atoms with E-state index >= 15 is 0 Å². The number of nitrogens with one attached hydrogen (secondary N) is 1. The minimum Gasteiger partial charge on any atom is -0.351 e. The van der Waals surface area contributed by atoms with Gasteiger partial charge in [0.25, 0.3) is 5.91 Å². The van der Waals surface area contributed by atoms with Crippen LogP contribution in [0.25, 0.3) is 11.3 Å². The van der Waals surface area contributed by atoms with E-state index in [0.717, 1.165) is 0 Å². The number of fused-ring (bicyclic) bond motifs is 1. The van der Waals surface area contributed by atoms with Gasteiger partial charge in [-0.05, 0) is 45.4 Å². The predicted octanol–water partition coefficient (Wildman–Crippen LogP) is 3.72. The average Bonchev–Trinajstić information content (AvgIpc) is 3.01. The van der Waals surface area contributed by atoms with E-state index in [9.17, 15) is 14.0 Å². The highest BCUT2D eigenvalue weighted by Crippen LogP contribution is 2.34. The highest BCUT2D eigenvalue weighted by molar-refractivity contribution is 6.31. The number of halogens is 2. The van der Waals surface area contributed by atoms with Crippen molar-refractivity contribution < 1.29 is 14.0 Å². The van der Waals surface area contributed by atoms with Crippen molar-refractivity contribution in [3.05, 3.63) is 40.3 Å². The van der Waals surface area contributed by atoms with Crippen LogP contribution in [0.3, 0.4) is 0 Å². The first-order chi connectivity index (χ1) is 13.5. The number of carbonyl (C=O) groups excluding carboxylic acids is 2. The molecular formula is C20H25ClFN5O2. The van der Waals surface area contributed by atoms with Crippen molar-refractivity contribution in [3.8, 4) is 11.3 Å². The van der Waals surface area contributed by atoms with Crippen molar-refractivity contribution in [2.75, 3.05) is 6.54 Å². The minimum absolute atomic E-state index is 0.0542. The predicted molar refractivity (Wildman–Crippen MR) is 109 cm³/mol. The number of primary amides is 1. The molecule has 7 nitrogen and oxygen atoms in total. The van der Waals surface area contributed by atoms with Gasteiger partial charge in [0.2, 0.25) is 0 Å². The third-order valence-corrected chi connectivity index (χ3v) is 5.11. The lowest BCUT2D eigenvalue weighted by atomic mass is 10.0. The molecule has 29 heavy (non-hydrogen) atoms. The number of rotatable bonds is 3. The average molecular weight is 422 g/mol. The molecule has 9 heteroatoms. The molecule has 1 aliphatic rings. The molecule has 0 saturated heterocycles. The Bertz CT molecular complexity index is 967. The Kier molecular flexibility index (Phi) is 5.58. The highest BCUT2D eigenvalue weighted by Gasteiger charge is 2.35. The fourth-order valence-electron chi connectivity index (χ4n) is 3.46. The molecule has 1 unspecified atom stereocenters. The number of aromatic nitrogens is 2. The van der Waals surface area contributed by atoms with Crippen molar-refractivity contribution >= 4 is 23.5 Å². The molecule has 0 saturated carbocycles. The summed E-state index contributed by atoms with van der Waals surface area (Å²) in [5.41, 5.74) is 6.90. The molecule has 1 aromatic carbocycles. The van der Waals surface area contributed by atoms with Crippen molar-refractivity contribution in [3.63, 3.8) is 0 Å². The van der Waals surface area contributed by atoms with Gasteiger partial charge in [0.15, 0.2) is 0 Å². The molecule has 3 amide bonds. The van der Waals surface area contributed by atoms with E-state index in [0.29, 0.717) is 35.5 Å². The highest BCUT2D eigenvalue weighted by atomic mass is 35.5. The van der Waals surface area contributed by atoms with E-state index in [4.69, 9.17) is 17.3 Å². The molecule has 156 valence electrons. The summed E-state index contributed by atoms with van der Waals surface area (Å²) >= 11 is 5.97. The zero-order chi connectivity index (χ0) is 21.5. The number of amides is 3. The van der Waals surface area contributed by atoms with Gasteiger partial charge in [-0.2, -0.15) is 5.10 Å². The second-order valence-electron chi connectivity index (χ2n) is 8.23. The molecular weight excluding hydrogens is 397 g/mol. The summed E-state index contributed by atoms with van der Waals surface area (Å²) in [6.07, 6.45) is 0.697. The molecule has 1 aromatic heterocycles. The molecule has 0 spiro atoms. The second-order valence-corrected chi connectivity index (χ2v) is 8.64. The largest absolute Gasteiger partial charge is 0.351 e. The number of carbonyl (C=O) groups is 2. The van der Waals surface area contributed by atoms with Crippen LogP contribution in [-0.4, -0.2) is 38.7 Å². The van der Waals surface area contributed by atoms with E-state index in [1.54, 1.807) is 4.68 Å². The number of benzene rings is 1. The van der Waals surface area contributed by atoms with Gasteiger partial charge in [-0.15, -0.1) is 0 Å².